The van der Waals surface area contributed by atoms with Crippen molar-refractivity contribution in [3.63, 3.8) is 0 Å². The molecule has 0 aliphatic rings. The Morgan fingerprint density at radius 1 is 1.57 bits per heavy atom. The molecule has 0 bridgehead atoms. The Balaban J connectivity index is 2.41. The Morgan fingerprint density at radius 3 is 3.00 bits per heavy atom. The van der Waals surface area contributed by atoms with E-state index in [1.54, 1.807) is 0 Å². The van der Waals surface area contributed by atoms with Crippen molar-refractivity contribution in [2.24, 2.45) is 0 Å². The van der Waals surface area contributed by atoms with E-state index in [-0.39, 0.29) is 5.91 Å². The molecule has 1 aromatic carbocycles. The molecule has 4 heteroatoms. The van der Waals surface area contributed by atoms with Gasteiger partial charge in [-0.15, -0.1) is 0 Å². The van der Waals surface area contributed by atoms with Gasteiger partial charge in [0.15, 0.2) is 0 Å². The number of nitrogens with two attached hydrogens (primary N) is 1. The lowest BCUT2D eigenvalue weighted by atomic mass is 10.1. The van der Waals surface area contributed by atoms with Crippen LogP contribution in [0, 0.1) is 0 Å². The van der Waals surface area contributed by atoms with Crippen LogP contribution in [0.3, 0.4) is 0 Å². The van der Waals surface area contributed by atoms with E-state index in [1.165, 1.54) is 7.11 Å². The summed E-state index contributed by atoms with van der Waals surface area (Å²) in [4.78, 5) is 15.5. The lowest BCUT2D eigenvalue weighted by molar-refractivity contribution is -0.131. The first-order chi connectivity index (χ1) is 6.72. The van der Waals surface area contributed by atoms with Crippen molar-refractivity contribution in [2.45, 2.75) is 12.8 Å². The summed E-state index contributed by atoms with van der Waals surface area (Å²) in [5, 5.41) is 0. The van der Waals surface area contributed by atoms with Crippen LogP contribution in [0.1, 0.15) is 12.0 Å². The quantitative estimate of drug-likeness (QED) is 0.552. The van der Waals surface area contributed by atoms with Crippen molar-refractivity contribution >= 4 is 11.6 Å². The van der Waals surface area contributed by atoms with Gasteiger partial charge in [0.1, 0.15) is 0 Å². The second-order valence-corrected chi connectivity index (χ2v) is 2.97. The number of rotatable bonds is 4. The van der Waals surface area contributed by atoms with Crippen LogP contribution >= 0.6 is 0 Å². The van der Waals surface area contributed by atoms with E-state index >= 15 is 0 Å². The highest BCUT2D eigenvalue weighted by atomic mass is 16.6. The van der Waals surface area contributed by atoms with Crippen molar-refractivity contribution in [1.29, 1.82) is 0 Å². The number of hydroxylamine groups is 1. The van der Waals surface area contributed by atoms with Gasteiger partial charge in [-0.3, -0.25) is 9.63 Å². The lowest BCUT2D eigenvalue weighted by Gasteiger charge is -2.02. The van der Waals surface area contributed by atoms with Gasteiger partial charge in [-0.25, -0.2) is 5.48 Å². The van der Waals surface area contributed by atoms with Crippen LogP contribution in [0.4, 0.5) is 5.69 Å². The Bertz CT molecular complexity index is 313. The van der Waals surface area contributed by atoms with Gasteiger partial charge < -0.3 is 5.73 Å². The molecule has 0 aliphatic carbocycles. The molecule has 76 valence electrons. The minimum absolute atomic E-state index is 0.130. The number of carbonyl (C=O) groups is 1. The standard InChI is InChI=1S/C10H14N2O2/c1-14-12-10(13)6-5-8-3-2-4-9(11)7-8/h2-4,7H,5-6,11H2,1H3,(H,12,13). The largest absolute Gasteiger partial charge is 0.399 e. The first-order valence-corrected chi connectivity index (χ1v) is 4.38. The minimum atomic E-state index is -0.130. The molecule has 0 spiro atoms. The SMILES string of the molecule is CONC(=O)CCc1cccc(N)c1. The first-order valence-electron chi connectivity index (χ1n) is 4.38. The third-order valence-electron chi connectivity index (χ3n) is 1.81. The smallest absolute Gasteiger partial charge is 0.243 e. The molecule has 0 saturated heterocycles. The summed E-state index contributed by atoms with van der Waals surface area (Å²) in [5.41, 5.74) is 9.63. The number of anilines is 1. The number of aryl methyl sites for hydroxylation is 1. The van der Waals surface area contributed by atoms with Crippen molar-refractivity contribution < 1.29 is 9.63 Å². The summed E-state index contributed by atoms with van der Waals surface area (Å²) in [5.74, 6) is -0.130. The molecule has 0 unspecified atom stereocenters. The van der Waals surface area contributed by atoms with Crippen LogP contribution in [0.2, 0.25) is 0 Å². The number of hydrogen-bond acceptors (Lipinski definition) is 3. The van der Waals surface area contributed by atoms with Crippen LogP contribution in [-0.4, -0.2) is 13.0 Å². The lowest BCUT2D eigenvalue weighted by Crippen LogP contribution is -2.21. The van der Waals surface area contributed by atoms with Crippen LogP contribution < -0.4 is 11.2 Å². The number of nitrogen functional groups attached to an aromatic ring is 1. The van der Waals surface area contributed by atoms with Crippen LogP contribution in [0.25, 0.3) is 0 Å². The molecule has 0 heterocycles. The zero-order valence-electron chi connectivity index (χ0n) is 8.12. The average molecular weight is 194 g/mol. The number of hydrogen-bond donors (Lipinski definition) is 2. The van der Waals surface area contributed by atoms with E-state index in [1.807, 2.05) is 24.3 Å². The number of nitrogens with one attached hydrogen (secondary N) is 1. The summed E-state index contributed by atoms with van der Waals surface area (Å²) in [6, 6.07) is 7.49. The summed E-state index contributed by atoms with van der Waals surface area (Å²) < 4.78 is 0. The molecule has 14 heavy (non-hydrogen) atoms. The summed E-state index contributed by atoms with van der Waals surface area (Å²) in [7, 11) is 1.42. The monoisotopic (exact) mass is 194 g/mol. The molecule has 0 fully saturated rings. The molecule has 1 rings (SSSR count). The number of amides is 1. The molecule has 0 aliphatic heterocycles. The predicted octanol–water partition coefficient (Wildman–Crippen LogP) is 0.879. The second kappa shape index (κ2) is 5.24. The molecule has 0 atom stereocenters. The summed E-state index contributed by atoms with van der Waals surface area (Å²) in [6.45, 7) is 0. The molecule has 0 radical (unpaired) electrons. The van der Waals surface area contributed by atoms with Crippen molar-refractivity contribution in [2.75, 3.05) is 12.8 Å². The molecule has 0 saturated carbocycles. The maximum Gasteiger partial charge on any atom is 0.243 e. The second-order valence-electron chi connectivity index (χ2n) is 2.97. The van der Waals surface area contributed by atoms with Crippen LogP contribution in [0.5, 0.6) is 0 Å². The normalized spacial score (nSPS) is 9.79. The number of carbonyl (C=O) groups excluding carboxylic acids is 1. The molecule has 0 aromatic heterocycles. The highest BCUT2D eigenvalue weighted by Crippen LogP contribution is 2.08. The zero-order chi connectivity index (χ0) is 10.4. The topological polar surface area (TPSA) is 64.3 Å². The van der Waals surface area contributed by atoms with Gasteiger partial charge in [0.25, 0.3) is 0 Å². The average Bonchev–Trinajstić information content (AvgIpc) is 2.15. The Kier molecular flexibility index (Phi) is 3.94. The van der Waals surface area contributed by atoms with Gasteiger partial charge in [0.2, 0.25) is 5.91 Å². The molecule has 3 N–H and O–H groups in total. The van der Waals surface area contributed by atoms with E-state index in [0.717, 1.165) is 11.3 Å². The van der Waals surface area contributed by atoms with Crippen LogP contribution in [0.15, 0.2) is 24.3 Å². The van der Waals surface area contributed by atoms with E-state index in [9.17, 15) is 4.79 Å². The third-order valence-corrected chi connectivity index (χ3v) is 1.81. The molecular formula is C10H14N2O2. The zero-order valence-corrected chi connectivity index (χ0v) is 8.12. The Labute approximate surface area is 83.0 Å². The fraction of sp³-hybridized carbons (Fsp3) is 0.300. The Morgan fingerprint density at radius 2 is 2.36 bits per heavy atom. The van der Waals surface area contributed by atoms with Gasteiger partial charge in [-0.1, -0.05) is 12.1 Å². The Hall–Kier alpha value is -1.55. The third kappa shape index (κ3) is 3.45. The van der Waals surface area contributed by atoms with Crippen LogP contribution in [-0.2, 0) is 16.1 Å². The fourth-order valence-electron chi connectivity index (χ4n) is 1.17. The molecule has 1 aromatic rings. The van der Waals surface area contributed by atoms with E-state index in [0.29, 0.717) is 12.8 Å². The van der Waals surface area contributed by atoms with E-state index in [2.05, 4.69) is 10.3 Å². The number of benzene rings is 1. The van der Waals surface area contributed by atoms with Gasteiger partial charge in [-0.05, 0) is 24.1 Å². The van der Waals surface area contributed by atoms with Gasteiger partial charge in [0.05, 0.1) is 7.11 Å². The molecular weight excluding hydrogens is 180 g/mol. The fourth-order valence-corrected chi connectivity index (χ4v) is 1.17. The van der Waals surface area contributed by atoms with E-state index in [4.69, 9.17) is 5.73 Å². The molecule has 4 nitrogen and oxygen atoms in total. The highest BCUT2D eigenvalue weighted by molar-refractivity contribution is 5.75. The maximum absolute atomic E-state index is 11.0. The summed E-state index contributed by atoms with van der Waals surface area (Å²) >= 11 is 0. The van der Waals surface area contributed by atoms with Crippen molar-refractivity contribution in [1.82, 2.24) is 5.48 Å². The minimum Gasteiger partial charge on any atom is -0.399 e. The first kappa shape index (κ1) is 10.5. The van der Waals surface area contributed by atoms with Crippen molar-refractivity contribution in [3.8, 4) is 0 Å². The van der Waals surface area contributed by atoms with Crippen molar-refractivity contribution in [3.05, 3.63) is 29.8 Å². The summed E-state index contributed by atoms with van der Waals surface area (Å²) in [6.07, 6.45) is 1.07. The highest BCUT2D eigenvalue weighted by Gasteiger charge is 2.00. The molecule has 1 amide bonds. The van der Waals surface area contributed by atoms with E-state index < -0.39 is 0 Å². The van der Waals surface area contributed by atoms with Gasteiger partial charge in [-0.2, -0.15) is 0 Å². The van der Waals surface area contributed by atoms with Gasteiger partial charge in [0, 0.05) is 12.1 Å². The maximum atomic E-state index is 11.0. The van der Waals surface area contributed by atoms with Gasteiger partial charge >= 0.3 is 0 Å². The predicted molar refractivity (Wildman–Crippen MR) is 54.3 cm³/mol.